The lowest BCUT2D eigenvalue weighted by molar-refractivity contribution is 1.25. The van der Waals surface area contributed by atoms with Gasteiger partial charge in [0.25, 0.3) is 0 Å². The summed E-state index contributed by atoms with van der Waals surface area (Å²) in [6.45, 7) is 8.44. The van der Waals surface area contributed by atoms with Crippen LogP contribution in [0.2, 0.25) is 0 Å². The molecule has 0 unspecified atom stereocenters. The van der Waals surface area contributed by atoms with Gasteiger partial charge in [-0.05, 0) is 62.0 Å². The first-order valence-corrected chi connectivity index (χ1v) is 8.26. The van der Waals surface area contributed by atoms with Crippen molar-refractivity contribution in [1.29, 1.82) is 0 Å². The molecule has 0 spiro atoms. The summed E-state index contributed by atoms with van der Waals surface area (Å²) < 4.78 is 0. The van der Waals surface area contributed by atoms with Crippen LogP contribution in [0.25, 0.3) is 11.1 Å². The Balaban J connectivity index is 2.11. The summed E-state index contributed by atoms with van der Waals surface area (Å²) in [5.41, 5.74) is 7.81. The molecule has 118 valence electrons. The van der Waals surface area contributed by atoms with E-state index in [1.165, 1.54) is 33.4 Å². The predicted molar refractivity (Wildman–Crippen MR) is 103 cm³/mol. The zero-order valence-electron chi connectivity index (χ0n) is 14.6. The third-order valence-corrected chi connectivity index (χ3v) is 4.10. The molecule has 0 N–H and O–H groups in total. The molecule has 0 aliphatic carbocycles. The third-order valence-electron chi connectivity index (χ3n) is 4.10. The zero-order chi connectivity index (χ0) is 16.7. The molecule has 0 heterocycles. The van der Waals surface area contributed by atoms with Crippen molar-refractivity contribution in [1.82, 2.24) is 0 Å². The topological polar surface area (TPSA) is 0 Å². The molecule has 2 aromatic carbocycles. The van der Waals surface area contributed by atoms with Crippen molar-refractivity contribution < 1.29 is 0 Å². The van der Waals surface area contributed by atoms with Gasteiger partial charge in [-0.1, -0.05) is 78.4 Å². The first kappa shape index (κ1) is 17.0. The second-order valence-corrected chi connectivity index (χ2v) is 5.90. The smallest absolute Gasteiger partial charge is 0.00915 e. The Labute approximate surface area is 140 Å². The van der Waals surface area contributed by atoms with Gasteiger partial charge in [0.2, 0.25) is 0 Å². The van der Waals surface area contributed by atoms with E-state index in [0.29, 0.717) is 0 Å². The van der Waals surface area contributed by atoms with E-state index in [1.807, 2.05) is 0 Å². The van der Waals surface area contributed by atoms with Gasteiger partial charge in [0.05, 0.1) is 0 Å². The lowest BCUT2D eigenvalue weighted by atomic mass is 9.99. The monoisotopic (exact) mass is 302 g/mol. The van der Waals surface area contributed by atoms with Crippen LogP contribution >= 0.6 is 0 Å². The summed E-state index contributed by atoms with van der Waals surface area (Å²) in [6.07, 6.45) is 9.66. The van der Waals surface area contributed by atoms with Crippen LogP contribution in [-0.4, -0.2) is 0 Å². The van der Waals surface area contributed by atoms with Crippen molar-refractivity contribution in [3.63, 3.8) is 0 Å². The van der Waals surface area contributed by atoms with Crippen LogP contribution in [0.15, 0.2) is 72.8 Å². The highest BCUT2D eigenvalue weighted by atomic mass is 14.0. The van der Waals surface area contributed by atoms with Crippen LogP contribution < -0.4 is 0 Å². The molecule has 0 aliphatic heterocycles. The fourth-order valence-electron chi connectivity index (χ4n) is 2.58. The molecule has 0 aromatic heterocycles. The van der Waals surface area contributed by atoms with Gasteiger partial charge in [-0.3, -0.25) is 0 Å². The molecule has 0 atom stereocenters. The second-order valence-electron chi connectivity index (χ2n) is 5.90. The average molecular weight is 302 g/mol. The summed E-state index contributed by atoms with van der Waals surface area (Å²) in [7, 11) is 0. The van der Waals surface area contributed by atoms with Crippen LogP contribution in [0.1, 0.15) is 43.0 Å². The summed E-state index contributed by atoms with van der Waals surface area (Å²) >= 11 is 0. The Morgan fingerprint density at radius 2 is 1.48 bits per heavy atom. The number of allylic oxidation sites excluding steroid dienone is 6. The Morgan fingerprint density at radius 1 is 0.870 bits per heavy atom. The maximum atomic E-state index is 2.31. The largest absolute Gasteiger partial charge is 0.0871 e. The Morgan fingerprint density at radius 3 is 2.04 bits per heavy atom. The number of rotatable bonds is 5. The molecule has 0 saturated carbocycles. The van der Waals surface area contributed by atoms with E-state index in [2.05, 4.69) is 101 Å². The van der Waals surface area contributed by atoms with Crippen LogP contribution in [0.5, 0.6) is 0 Å². The number of hydrogen-bond donors (Lipinski definition) is 0. The van der Waals surface area contributed by atoms with E-state index in [-0.39, 0.29) is 0 Å². The van der Waals surface area contributed by atoms with E-state index in [4.69, 9.17) is 0 Å². The zero-order valence-corrected chi connectivity index (χ0v) is 14.6. The summed E-state index contributed by atoms with van der Waals surface area (Å²) in [5, 5.41) is 0. The van der Waals surface area contributed by atoms with Crippen molar-refractivity contribution in [2.45, 2.75) is 34.1 Å². The Kier molecular flexibility index (Phi) is 6.17. The van der Waals surface area contributed by atoms with Gasteiger partial charge < -0.3 is 0 Å². The summed E-state index contributed by atoms with van der Waals surface area (Å²) in [5.74, 6) is 0. The molecule has 0 heteroatoms. The van der Waals surface area contributed by atoms with Crippen molar-refractivity contribution in [3.8, 4) is 0 Å². The number of benzene rings is 2. The Hall–Kier alpha value is -2.34. The molecule has 2 rings (SSSR count). The normalized spacial score (nSPS) is 12.9. The standard InChI is InChI=1S/C23H26/c1-5-7-21(6-2)23-16-14-22(15-17-23)19(4)10-13-20-11-8-18(3)9-12-20/h5-12,14-17H,13H2,1-4H3/b7-5-,19-10+,21-6+. The molecular weight excluding hydrogens is 276 g/mol. The van der Waals surface area contributed by atoms with Gasteiger partial charge in [0.1, 0.15) is 0 Å². The van der Waals surface area contributed by atoms with Crippen molar-refractivity contribution >= 4 is 11.1 Å². The third kappa shape index (κ3) is 4.82. The number of hydrogen-bond acceptors (Lipinski definition) is 0. The quantitative estimate of drug-likeness (QED) is 0.544. The molecule has 0 amide bonds. The van der Waals surface area contributed by atoms with Gasteiger partial charge in [0.15, 0.2) is 0 Å². The molecule has 0 fully saturated rings. The van der Waals surface area contributed by atoms with E-state index in [9.17, 15) is 0 Å². The fourth-order valence-corrected chi connectivity index (χ4v) is 2.58. The lowest BCUT2D eigenvalue weighted by Gasteiger charge is -2.06. The van der Waals surface area contributed by atoms with Crippen LogP contribution in [0, 0.1) is 6.92 Å². The van der Waals surface area contributed by atoms with Crippen LogP contribution in [0.3, 0.4) is 0 Å². The van der Waals surface area contributed by atoms with Crippen molar-refractivity contribution in [2.75, 3.05) is 0 Å². The second kappa shape index (κ2) is 8.33. The highest BCUT2D eigenvalue weighted by Gasteiger charge is 2.00. The molecule has 0 radical (unpaired) electrons. The fraction of sp³-hybridized carbons (Fsp3) is 0.217. The number of aryl methyl sites for hydroxylation is 1. The first-order chi connectivity index (χ1) is 11.1. The summed E-state index contributed by atoms with van der Waals surface area (Å²) in [6, 6.07) is 17.6. The van der Waals surface area contributed by atoms with Gasteiger partial charge in [-0.15, -0.1) is 0 Å². The first-order valence-electron chi connectivity index (χ1n) is 8.26. The van der Waals surface area contributed by atoms with Gasteiger partial charge in [-0.2, -0.15) is 0 Å². The predicted octanol–water partition coefficient (Wildman–Crippen LogP) is 6.62. The van der Waals surface area contributed by atoms with Gasteiger partial charge >= 0.3 is 0 Å². The van der Waals surface area contributed by atoms with Crippen molar-refractivity contribution in [3.05, 3.63) is 95.1 Å². The molecule has 0 bridgehead atoms. The molecule has 0 aliphatic rings. The minimum Gasteiger partial charge on any atom is -0.0871 e. The van der Waals surface area contributed by atoms with E-state index in [0.717, 1.165) is 6.42 Å². The van der Waals surface area contributed by atoms with E-state index >= 15 is 0 Å². The van der Waals surface area contributed by atoms with Crippen molar-refractivity contribution in [2.24, 2.45) is 0 Å². The molecular formula is C23H26. The maximum absolute atomic E-state index is 2.31. The SMILES string of the molecule is C/C=C\C(=C/C)c1ccc(/C(C)=C/Cc2ccc(C)cc2)cc1. The minimum atomic E-state index is 0.979. The van der Waals surface area contributed by atoms with Crippen LogP contribution in [0.4, 0.5) is 0 Å². The van der Waals surface area contributed by atoms with Gasteiger partial charge in [-0.25, -0.2) is 0 Å². The average Bonchev–Trinajstić information content (AvgIpc) is 2.59. The molecule has 23 heavy (non-hydrogen) atoms. The van der Waals surface area contributed by atoms with Crippen LogP contribution in [-0.2, 0) is 6.42 Å². The highest BCUT2D eigenvalue weighted by molar-refractivity contribution is 5.75. The lowest BCUT2D eigenvalue weighted by Crippen LogP contribution is -1.86. The highest BCUT2D eigenvalue weighted by Crippen LogP contribution is 2.21. The van der Waals surface area contributed by atoms with Gasteiger partial charge in [0, 0.05) is 0 Å². The summed E-state index contributed by atoms with van der Waals surface area (Å²) in [4.78, 5) is 0. The van der Waals surface area contributed by atoms with E-state index < -0.39 is 0 Å². The molecule has 0 saturated heterocycles. The van der Waals surface area contributed by atoms with E-state index in [1.54, 1.807) is 0 Å². The minimum absolute atomic E-state index is 0.979. The maximum Gasteiger partial charge on any atom is -0.00915 e. The Bertz CT molecular complexity index is 708. The molecule has 2 aromatic rings. The molecule has 0 nitrogen and oxygen atoms in total.